The maximum atomic E-state index is 12.7. The maximum Gasteiger partial charge on any atom is 0.200 e. The lowest BCUT2D eigenvalue weighted by atomic mass is 10.1. The van der Waals surface area contributed by atoms with E-state index in [1.54, 1.807) is 0 Å². The minimum atomic E-state index is 0. The van der Waals surface area contributed by atoms with Crippen molar-refractivity contribution in [2.75, 3.05) is 39.4 Å². The van der Waals surface area contributed by atoms with E-state index in [-0.39, 0.29) is 30.2 Å². The summed E-state index contributed by atoms with van der Waals surface area (Å²) in [6, 6.07) is 13.3. The highest BCUT2D eigenvalue weighted by molar-refractivity contribution is 5.89. The van der Waals surface area contributed by atoms with Crippen molar-refractivity contribution >= 4 is 46.8 Å². The van der Waals surface area contributed by atoms with Gasteiger partial charge in [-0.05, 0) is 49.3 Å². The van der Waals surface area contributed by atoms with Gasteiger partial charge in [0.05, 0.1) is 24.0 Å². The van der Waals surface area contributed by atoms with Crippen molar-refractivity contribution in [3.8, 4) is 0 Å². The number of benzene rings is 2. The lowest BCUT2D eigenvalue weighted by molar-refractivity contribution is 0.0374. The number of fused-ring (bicyclic) bond motifs is 2. The van der Waals surface area contributed by atoms with E-state index in [0.29, 0.717) is 21.9 Å². The molecular weight excluding hydrogens is 399 g/mol. The Morgan fingerprint density at radius 3 is 2.54 bits per heavy atom. The molecule has 2 aromatic carbocycles. The van der Waals surface area contributed by atoms with Crippen LogP contribution in [0.2, 0.25) is 0 Å². The highest BCUT2D eigenvalue weighted by atomic mass is 35.5. The third kappa shape index (κ3) is 5.25. The van der Waals surface area contributed by atoms with Gasteiger partial charge in [-0.1, -0.05) is 18.2 Å². The van der Waals surface area contributed by atoms with Gasteiger partial charge in [-0.25, -0.2) is 0 Å². The summed E-state index contributed by atoms with van der Waals surface area (Å²) in [5, 5.41) is 4.76. The number of nitrogens with one attached hydrogen (secondary N) is 1. The van der Waals surface area contributed by atoms with Gasteiger partial charge in [0.15, 0.2) is 0 Å². The van der Waals surface area contributed by atoms with Crippen LogP contribution in [-0.4, -0.2) is 44.3 Å². The second-order valence-corrected chi connectivity index (χ2v) is 6.74. The molecule has 0 bridgehead atoms. The summed E-state index contributed by atoms with van der Waals surface area (Å²) in [6.45, 7) is 6.59. The average molecular weight is 425 g/mol. The van der Waals surface area contributed by atoms with Gasteiger partial charge in [0.1, 0.15) is 11.2 Å². The molecule has 1 N–H and O–H groups in total. The standard InChI is InChI=1S/C21H24N2O3.2ClH/c24-21-17-4-1-2-5-19(17)26-20-7-6-16(14-18(20)21)15-22-8-3-9-23-10-12-25-13-11-23;;/h1-2,4-7,14,22H,3,8-13,15H2;2*1H. The second kappa shape index (κ2) is 10.8. The van der Waals surface area contributed by atoms with Crippen LogP contribution in [0.3, 0.4) is 0 Å². The van der Waals surface area contributed by atoms with Gasteiger partial charge in [0.2, 0.25) is 5.43 Å². The first-order valence-electron chi connectivity index (χ1n) is 9.26. The Morgan fingerprint density at radius 2 is 1.71 bits per heavy atom. The Morgan fingerprint density at radius 1 is 0.964 bits per heavy atom. The Balaban J connectivity index is 0.00000140. The Labute approximate surface area is 176 Å². The number of hydrogen-bond donors (Lipinski definition) is 1. The van der Waals surface area contributed by atoms with Crippen molar-refractivity contribution in [2.45, 2.75) is 13.0 Å². The van der Waals surface area contributed by atoms with Crippen LogP contribution < -0.4 is 10.7 Å². The van der Waals surface area contributed by atoms with Gasteiger partial charge in [0.25, 0.3) is 0 Å². The van der Waals surface area contributed by atoms with E-state index in [1.807, 2.05) is 42.5 Å². The fourth-order valence-electron chi connectivity index (χ4n) is 3.45. The zero-order valence-corrected chi connectivity index (χ0v) is 17.3. The summed E-state index contributed by atoms with van der Waals surface area (Å²) < 4.78 is 11.2. The molecule has 0 radical (unpaired) electrons. The van der Waals surface area contributed by atoms with Crippen LogP contribution in [0.1, 0.15) is 12.0 Å². The van der Waals surface area contributed by atoms with E-state index in [9.17, 15) is 4.79 Å². The van der Waals surface area contributed by atoms with E-state index >= 15 is 0 Å². The molecule has 152 valence electrons. The molecule has 1 aromatic heterocycles. The molecule has 2 heterocycles. The quantitative estimate of drug-likeness (QED) is 0.483. The molecule has 28 heavy (non-hydrogen) atoms. The van der Waals surface area contributed by atoms with Crippen molar-refractivity contribution in [2.24, 2.45) is 0 Å². The summed E-state index contributed by atoms with van der Waals surface area (Å²) in [6.07, 6.45) is 1.11. The van der Waals surface area contributed by atoms with Crippen molar-refractivity contribution in [1.29, 1.82) is 0 Å². The predicted molar refractivity (Wildman–Crippen MR) is 118 cm³/mol. The lowest BCUT2D eigenvalue weighted by Crippen LogP contribution is -2.37. The second-order valence-electron chi connectivity index (χ2n) is 6.74. The van der Waals surface area contributed by atoms with Gasteiger partial charge in [-0.3, -0.25) is 9.69 Å². The molecule has 0 saturated carbocycles. The monoisotopic (exact) mass is 424 g/mol. The Bertz CT molecular complexity index is 955. The first-order chi connectivity index (χ1) is 12.8. The van der Waals surface area contributed by atoms with Crippen LogP contribution in [0.15, 0.2) is 51.7 Å². The fourth-order valence-corrected chi connectivity index (χ4v) is 3.45. The van der Waals surface area contributed by atoms with E-state index in [0.717, 1.165) is 57.9 Å². The molecule has 0 atom stereocenters. The summed E-state index contributed by atoms with van der Waals surface area (Å²) in [7, 11) is 0. The molecule has 7 heteroatoms. The van der Waals surface area contributed by atoms with Crippen LogP contribution in [0, 0.1) is 0 Å². The molecule has 0 amide bonds. The van der Waals surface area contributed by atoms with Gasteiger partial charge in [0, 0.05) is 19.6 Å². The van der Waals surface area contributed by atoms with Crippen LogP contribution in [0.5, 0.6) is 0 Å². The van der Waals surface area contributed by atoms with Gasteiger partial charge < -0.3 is 14.5 Å². The first kappa shape index (κ1) is 22.7. The zero-order chi connectivity index (χ0) is 17.8. The number of hydrogen-bond acceptors (Lipinski definition) is 5. The SMILES string of the molecule is Cl.Cl.O=c1c2ccccc2oc2ccc(CNCCCN3CCOCC3)cc12. The first-order valence-corrected chi connectivity index (χ1v) is 9.26. The number of halogens is 2. The fraction of sp³-hybridized carbons (Fsp3) is 0.381. The number of rotatable bonds is 6. The Hall–Kier alpha value is -1.63. The van der Waals surface area contributed by atoms with E-state index in [4.69, 9.17) is 9.15 Å². The Kier molecular flexibility index (Phi) is 8.73. The third-order valence-corrected chi connectivity index (χ3v) is 4.90. The summed E-state index contributed by atoms with van der Waals surface area (Å²) >= 11 is 0. The molecule has 1 aliphatic heterocycles. The molecule has 1 fully saturated rings. The van der Waals surface area contributed by atoms with Crippen molar-refractivity contribution in [3.63, 3.8) is 0 Å². The third-order valence-electron chi connectivity index (χ3n) is 4.90. The number of para-hydroxylation sites is 1. The van der Waals surface area contributed by atoms with Gasteiger partial charge in [-0.2, -0.15) is 0 Å². The summed E-state index contributed by atoms with van der Waals surface area (Å²) in [5.41, 5.74) is 2.42. The lowest BCUT2D eigenvalue weighted by Gasteiger charge is -2.26. The highest BCUT2D eigenvalue weighted by Crippen LogP contribution is 2.19. The van der Waals surface area contributed by atoms with Gasteiger partial charge >= 0.3 is 0 Å². The normalized spacial score (nSPS) is 14.6. The number of morpholine rings is 1. The molecular formula is C21H26Cl2N2O3. The highest BCUT2D eigenvalue weighted by Gasteiger charge is 2.10. The maximum absolute atomic E-state index is 12.7. The molecule has 3 aromatic rings. The molecule has 0 aliphatic carbocycles. The molecule has 4 rings (SSSR count). The topological polar surface area (TPSA) is 54.7 Å². The van der Waals surface area contributed by atoms with Crippen molar-refractivity contribution < 1.29 is 9.15 Å². The summed E-state index contributed by atoms with van der Waals surface area (Å²) in [4.78, 5) is 15.1. The number of ether oxygens (including phenoxy) is 1. The van der Waals surface area contributed by atoms with Crippen LogP contribution in [0.25, 0.3) is 21.9 Å². The average Bonchev–Trinajstić information content (AvgIpc) is 2.69. The smallest absolute Gasteiger partial charge is 0.200 e. The minimum Gasteiger partial charge on any atom is -0.456 e. The van der Waals surface area contributed by atoms with Gasteiger partial charge in [-0.15, -0.1) is 24.8 Å². The summed E-state index contributed by atoms with van der Waals surface area (Å²) in [5.74, 6) is 0. The minimum absolute atomic E-state index is 0. The molecule has 5 nitrogen and oxygen atoms in total. The van der Waals surface area contributed by atoms with Crippen molar-refractivity contribution in [3.05, 3.63) is 58.3 Å². The zero-order valence-electron chi connectivity index (χ0n) is 15.7. The van der Waals surface area contributed by atoms with E-state index in [1.165, 1.54) is 0 Å². The van der Waals surface area contributed by atoms with Crippen LogP contribution >= 0.6 is 24.8 Å². The van der Waals surface area contributed by atoms with E-state index in [2.05, 4.69) is 10.2 Å². The molecule has 1 saturated heterocycles. The number of nitrogens with zero attached hydrogens (tertiary/aromatic N) is 1. The molecule has 1 aliphatic rings. The van der Waals surface area contributed by atoms with E-state index < -0.39 is 0 Å². The molecule has 0 spiro atoms. The van der Waals surface area contributed by atoms with Crippen LogP contribution in [0.4, 0.5) is 0 Å². The predicted octanol–water partition coefficient (Wildman–Crippen LogP) is 3.60. The largest absolute Gasteiger partial charge is 0.456 e. The van der Waals surface area contributed by atoms with Crippen LogP contribution in [-0.2, 0) is 11.3 Å². The molecule has 0 unspecified atom stereocenters. The van der Waals surface area contributed by atoms with Crippen molar-refractivity contribution in [1.82, 2.24) is 10.2 Å².